The van der Waals surface area contributed by atoms with E-state index in [-0.39, 0.29) is 29.4 Å². The number of hydrogen-bond donors (Lipinski definition) is 3. The van der Waals surface area contributed by atoms with Crippen molar-refractivity contribution in [3.63, 3.8) is 0 Å². The average Bonchev–Trinajstić information content (AvgIpc) is 2.60. The van der Waals surface area contributed by atoms with Gasteiger partial charge in [0.15, 0.2) is 0 Å². The maximum absolute atomic E-state index is 12.1. The molecule has 12 nitrogen and oxygen atoms in total. The van der Waals surface area contributed by atoms with Crippen LogP contribution in [0.4, 0.5) is 16.4 Å². The molecule has 3 N–H and O–H groups in total. The molecule has 13 heteroatoms. The second-order valence-electron chi connectivity index (χ2n) is 4.49. The molecular formula is C13H16N6O6S. The van der Waals surface area contributed by atoms with Crippen LogP contribution in [0.25, 0.3) is 0 Å². The van der Waals surface area contributed by atoms with E-state index in [2.05, 4.69) is 25.0 Å². The Morgan fingerprint density at radius 1 is 0.962 bits per heavy atom. The van der Waals surface area contributed by atoms with Crippen molar-refractivity contribution in [1.29, 1.82) is 0 Å². The Hall–Kier alpha value is -3.35. The van der Waals surface area contributed by atoms with Crippen LogP contribution in [-0.4, -0.2) is 50.7 Å². The summed E-state index contributed by atoms with van der Waals surface area (Å²) in [6.45, 7) is 0. The summed E-state index contributed by atoms with van der Waals surface area (Å²) < 4.78 is 42.8. The quantitative estimate of drug-likeness (QED) is 0.614. The molecule has 140 valence electrons. The normalized spacial score (nSPS) is 10.6. The van der Waals surface area contributed by atoms with Crippen molar-refractivity contribution in [1.82, 2.24) is 19.7 Å². The Labute approximate surface area is 149 Å². The number of para-hydroxylation sites is 2. The zero-order valence-electron chi connectivity index (χ0n) is 14.0. The van der Waals surface area contributed by atoms with E-state index in [1.54, 1.807) is 22.9 Å². The van der Waals surface area contributed by atoms with Crippen LogP contribution in [0.1, 0.15) is 0 Å². The van der Waals surface area contributed by atoms with E-state index >= 15 is 0 Å². The van der Waals surface area contributed by atoms with Gasteiger partial charge in [0.25, 0.3) is 0 Å². The summed E-state index contributed by atoms with van der Waals surface area (Å²) in [7, 11) is -0.248. The summed E-state index contributed by atoms with van der Waals surface area (Å²) in [5, 5.41) is 2.14. The number of carbonyl (C=O) groups excluding carboxylic acids is 1. The number of nitrogens with zero attached hydrogens (tertiary/aromatic N) is 3. The van der Waals surface area contributed by atoms with E-state index in [1.165, 1.54) is 27.4 Å². The van der Waals surface area contributed by atoms with Gasteiger partial charge in [0.2, 0.25) is 5.95 Å². The number of ether oxygens (including phenoxy) is 3. The topological polar surface area (TPSA) is 154 Å². The van der Waals surface area contributed by atoms with E-state index in [1.807, 2.05) is 0 Å². The molecule has 0 atom stereocenters. The number of methoxy groups -OCH3 is 3. The van der Waals surface area contributed by atoms with Gasteiger partial charge in [0, 0.05) is 0 Å². The van der Waals surface area contributed by atoms with Gasteiger partial charge in [-0.15, -0.1) is 4.98 Å². The third-order valence-corrected chi connectivity index (χ3v) is 3.71. The molecule has 0 fully saturated rings. The third-order valence-electron chi connectivity index (χ3n) is 2.76. The zero-order valence-corrected chi connectivity index (χ0v) is 14.8. The van der Waals surface area contributed by atoms with Crippen molar-refractivity contribution in [3.8, 4) is 17.8 Å². The van der Waals surface area contributed by atoms with Crippen LogP contribution in [0.5, 0.6) is 17.8 Å². The lowest BCUT2D eigenvalue weighted by molar-refractivity contribution is 0.256. The first-order valence-corrected chi connectivity index (χ1v) is 8.43. The molecule has 0 aliphatic rings. The minimum Gasteiger partial charge on any atom is -0.495 e. The average molecular weight is 384 g/mol. The molecule has 1 aromatic carbocycles. The van der Waals surface area contributed by atoms with Gasteiger partial charge in [-0.1, -0.05) is 12.1 Å². The first-order chi connectivity index (χ1) is 12.4. The summed E-state index contributed by atoms with van der Waals surface area (Å²) in [4.78, 5) is 23.2. The molecule has 1 heterocycles. The van der Waals surface area contributed by atoms with Gasteiger partial charge in [0.1, 0.15) is 5.75 Å². The highest BCUT2D eigenvalue weighted by molar-refractivity contribution is 7.91. The highest BCUT2D eigenvalue weighted by Crippen LogP contribution is 2.23. The fourth-order valence-corrected chi connectivity index (χ4v) is 2.53. The fraction of sp³-hybridized carbons (Fsp3) is 0.231. The van der Waals surface area contributed by atoms with E-state index in [9.17, 15) is 13.2 Å². The minimum absolute atomic E-state index is 0.123. The van der Waals surface area contributed by atoms with Crippen LogP contribution in [0.3, 0.4) is 0 Å². The predicted octanol–water partition coefficient (Wildman–Crippen LogP) is 0.376. The number of anilines is 2. The first kappa shape index (κ1) is 19.0. The largest absolute Gasteiger partial charge is 0.495 e. The number of benzene rings is 1. The SMILES string of the molecule is COc1nc(NC(=O)NS(=O)(=O)Nc2ccccc2OC)nc(OC)n1. The van der Waals surface area contributed by atoms with Crippen molar-refractivity contribution < 1.29 is 27.4 Å². The molecule has 0 saturated carbocycles. The predicted molar refractivity (Wildman–Crippen MR) is 90.6 cm³/mol. The molecular weight excluding hydrogens is 368 g/mol. The summed E-state index contributed by atoms with van der Waals surface area (Å²) in [5.41, 5.74) is 0.152. The van der Waals surface area contributed by atoms with Gasteiger partial charge in [-0.2, -0.15) is 18.4 Å². The second kappa shape index (κ2) is 8.15. The van der Waals surface area contributed by atoms with Crippen molar-refractivity contribution in [2.75, 3.05) is 31.4 Å². The molecule has 2 rings (SSSR count). The van der Waals surface area contributed by atoms with Crippen LogP contribution in [0.2, 0.25) is 0 Å². The van der Waals surface area contributed by atoms with Crippen LogP contribution in [-0.2, 0) is 10.2 Å². The van der Waals surface area contributed by atoms with Gasteiger partial charge < -0.3 is 14.2 Å². The maximum atomic E-state index is 12.1. The number of nitrogens with one attached hydrogen (secondary N) is 3. The van der Waals surface area contributed by atoms with E-state index in [4.69, 9.17) is 14.2 Å². The third kappa shape index (κ3) is 5.07. The number of hydrogen-bond acceptors (Lipinski definition) is 9. The Bertz CT molecular complexity index is 868. The molecule has 1 aromatic heterocycles. The molecule has 0 saturated heterocycles. The highest BCUT2D eigenvalue weighted by Gasteiger charge is 2.18. The van der Waals surface area contributed by atoms with Crippen LogP contribution >= 0.6 is 0 Å². The van der Waals surface area contributed by atoms with Crippen molar-refractivity contribution >= 4 is 27.9 Å². The second-order valence-corrected chi connectivity index (χ2v) is 5.91. The lowest BCUT2D eigenvalue weighted by atomic mass is 10.3. The van der Waals surface area contributed by atoms with Gasteiger partial charge >= 0.3 is 28.3 Å². The molecule has 0 spiro atoms. The first-order valence-electron chi connectivity index (χ1n) is 6.95. The molecule has 2 amide bonds. The van der Waals surface area contributed by atoms with Gasteiger partial charge in [-0.3, -0.25) is 10.0 Å². The molecule has 26 heavy (non-hydrogen) atoms. The summed E-state index contributed by atoms with van der Waals surface area (Å²) in [6, 6.07) is 4.94. The number of carbonyl (C=O) groups is 1. The van der Waals surface area contributed by atoms with E-state index in [0.717, 1.165) is 0 Å². The van der Waals surface area contributed by atoms with Crippen LogP contribution in [0, 0.1) is 0 Å². The maximum Gasteiger partial charge on any atom is 0.336 e. The van der Waals surface area contributed by atoms with E-state index < -0.39 is 16.2 Å². The molecule has 2 aromatic rings. The molecule has 0 aliphatic heterocycles. The fourth-order valence-electron chi connectivity index (χ4n) is 1.72. The standard InChI is InChI=1S/C13H16N6O6S/c1-23-9-7-5-4-6-8(9)18-26(21,22)19-11(20)14-10-15-12(24-2)17-13(16-10)25-3/h4-7,18H,1-3H3,(H2,14,15,16,17,19,20). The summed E-state index contributed by atoms with van der Waals surface area (Å²) in [5.74, 6) is 0.0175. The highest BCUT2D eigenvalue weighted by atomic mass is 32.2. The lowest BCUT2D eigenvalue weighted by Crippen LogP contribution is -2.38. The van der Waals surface area contributed by atoms with Gasteiger partial charge in [0.05, 0.1) is 27.0 Å². The number of amides is 2. The Morgan fingerprint density at radius 2 is 1.58 bits per heavy atom. The van der Waals surface area contributed by atoms with Crippen molar-refractivity contribution in [3.05, 3.63) is 24.3 Å². The van der Waals surface area contributed by atoms with Crippen LogP contribution in [0.15, 0.2) is 24.3 Å². The number of urea groups is 1. The summed E-state index contributed by atoms with van der Waals surface area (Å²) >= 11 is 0. The molecule has 0 unspecified atom stereocenters. The Morgan fingerprint density at radius 3 is 2.15 bits per heavy atom. The zero-order chi connectivity index (χ0) is 19.2. The summed E-state index contributed by atoms with van der Waals surface area (Å²) in [6.07, 6.45) is 0. The number of rotatable bonds is 7. The number of aromatic nitrogens is 3. The van der Waals surface area contributed by atoms with Gasteiger partial charge in [-0.05, 0) is 12.1 Å². The van der Waals surface area contributed by atoms with Crippen molar-refractivity contribution in [2.45, 2.75) is 0 Å². The molecule has 0 aliphatic carbocycles. The van der Waals surface area contributed by atoms with Crippen LogP contribution < -0.4 is 29.0 Å². The minimum atomic E-state index is -4.24. The molecule has 0 radical (unpaired) electrons. The monoisotopic (exact) mass is 384 g/mol. The van der Waals surface area contributed by atoms with Gasteiger partial charge in [-0.25, -0.2) is 9.52 Å². The smallest absolute Gasteiger partial charge is 0.336 e. The Balaban J connectivity index is 2.09. The molecule has 0 bridgehead atoms. The lowest BCUT2D eigenvalue weighted by Gasteiger charge is -2.12. The van der Waals surface area contributed by atoms with E-state index in [0.29, 0.717) is 0 Å². The Kier molecular flexibility index (Phi) is 5.95. The van der Waals surface area contributed by atoms with Crippen molar-refractivity contribution in [2.24, 2.45) is 0 Å².